The van der Waals surface area contributed by atoms with Gasteiger partial charge in [-0.1, -0.05) is 6.07 Å². The number of aromatic nitrogens is 1. The SMILES string of the molecule is COc1cc(C(=O)OCC(=O)c2cc(C)n(Cc3ccc4c(c3)OCO4)c2C)c([N+](=O)[O-])cc1OC. The van der Waals surface area contributed by atoms with Crippen LogP contribution in [0.15, 0.2) is 36.4 Å². The van der Waals surface area contributed by atoms with Crippen LogP contribution in [0.25, 0.3) is 0 Å². The molecule has 0 N–H and O–H groups in total. The van der Waals surface area contributed by atoms with E-state index in [1.54, 1.807) is 13.0 Å². The molecule has 2 aromatic carbocycles. The molecule has 1 aromatic heterocycles. The highest BCUT2D eigenvalue weighted by Crippen LogP contribution is 2.35. The number of nitro benzene ring substituents is 1. The number of nitrogens with zero attached hydrogens (tertiary/aromatic N) is 2. The number of ether oxygens (including phenoxy) is 5. The van der Waals surface area contributed by atoms with Gasteiger partial charge < -0.3 is 28.3 Å². The highest BCUT2D eigenvalue weighted by molar-refractivity contribution is 6.01. The number of ketones is 1. The first-order valence-corrected chi connectivity index (χ1v) is 10.9. The number of carbonyl (C=O) groups is 2. The smallest absolute Gasteiger partial charge is 0.345 e. The van der Waals surface area contributed by atoms with E-state index in [-0.39, 0.29) is 23.9 Å². The molecule has 0 spiro atoms. The normalized spacial score (nSPS) is 11.8. The molecule has 4 rings (SSSR count). The summed E-state index contributed by atoms with van der Waals surface area (Å²) in [4.78, 5) is 36.3. The maximum absolute atomic E-state index is 12.9. The number of methoxy groups -OCH3 is 2. The van der Waals surface area contributed by atoms with Crippen LogP contribution in [0.4, 0.5) is 5.69 Å². The van der Waals surface area contributed by atoms with Crippen LogP contribution in [0.3, 0.4) is 0 Å². The third kappa shape index (κ3) is 4.67. The van der Waals surface area contributed by atoms with Gasteiger partial charge in [0.15, 0.2) is 29.6 Å². The number of nitro groups is 1. The summed E-state index contributed by atoms with van der Waals surface area (Å²) < 4.78 is 28.1. The van der Waals surface area contributed by atoms with Gasteiger partial charge >= 0.3 is 5.97 Å². The number of carbonyl (C=O) groups excluding carboxylic acids is 2. The van der Waals surface area contributed by atoms with E-state index >= 15 is 0 Å². The van der Waals surface area contributed by atoms with Crippen molar-refractivity contribution in [3.8, 4) is 23.0 Å². The van der Waals surface area contributed by atoms with Gasteiger partial charge in [0.1, 0.15) is 5.56 Å². The summed E-state index contributed by atoms with van der Waals surface area (Å²) in [5.41, 5.74) is 2.03. The first-order chi connectivity index (χ1) is 17.2. The summed E-state index contributed by atoms with van der Waals surface area (Å²) in [5, 5.41) is 11.5. The number of hydrogen-bond acceptors (Lipinski definition) is 9. The summed E-state index contributed by atoms with van der Waals surface area (Å²) in [6, 6.07) is 9.59. The van der Waals surface area contributed by atoms with Gasteiger partial charge in [-0.3, -0.25) is 14.9 Å². The number of benzene rings is 2. The van der Waals surface area contributed by atoms with E-state index in [2.05, 4.69) is 0 Å². The molecule has 0 amide bonds. The lowest BCUT2D eigenvalue weighted by atomic mass is 10.1. The number of Topliss-reactive ketones (excluding diaryl/α,β-unsaturated/α-hetero) is 1. The minimum absolute atomic E-state index is 0.0896. The Morgan fingerprint density at radius 1 is 1.00 bits per heavy atom. The van der Waals surface area contributed by atoms with Crippen molar-refractivity contribution in [3.05, 3.63) is 74.6 Å². The molecule has 2 heterocycles. The maximum atomic E-state index is 12.9. The van der Waals surface area contributed by atoms with Crippen LogP contribution >= 0.6 is 0 Å². The first-order valence-electron chi connectivity index (χ1n) is 10.9. The van der Waals surface area contributed by atoms with Gasteiger partial charge in [0.05, 0.1) is 25.2 Å². The van der Waals surface area contributed by atoms with Crippen molar-refractivity contribution in [2.45, 2.75) is 20.4 Å². The van der Waals surface area contributed by atoms with Crippen molar-refractivity contribution in [2.24, 2.45) is 0 Å². The molecule has 188 valence electrons. The fraction of sp³-hybridized carbons (Fsp3) is 0.280. The summed E-state index contributed by atoms with van der Waals surface area (Å²) in [5.74, 6) is 0.108. The Bertz CT molecular complexity index is 1360. The largest absolute Gasteiger partial charge is 0.493 e. The monoisotopic (exact) mass is 496 g/mol. The molecule has 0 aliphatic carbocycles. The van der Waals surface area contributed by atoms with Crippen molar-refractivity contribution < 1.29 is 38.2 Å². The van der Waals surface area contributed by atoms with E-state index in [0.717, 1.165) is 23.4 Å². The molecule has 1 aliphatic heterocycles. The second-order valence-corrected chi connectivity index (χ2v) is 8.04. The number of aryl methyl sites for hydroxylation is 1. The first kappa shape index (κ1) is 24.6. The molecule has 0 unspecified atom stereocenters. The van der Waals surface area contributed by atoms with Crippen molar-refractivity contribution in [3.63, 3.8) is 0 Å². The van der Waals surface area contributed by atoms with E-state index in [0.29, 0.717) is 29.3 Å². The molecule has 11 nitrogen and oxygen atoms in total. The minimum Gasteiger partial charge on any atom is -0.493 e. The van der Waals surface area contributed by atoms with E-state index in [4.69, 9.17) is 23.7 Å². The predicted octanol–water partition coefficient (Wildman–Crippen LogP) is 3.85. The van der Waals surface area contributed by atoms with Gasteiger partial charge in [-0.2, -0.15) is 0 Å². The van der Waals surface area contributed by atoms with Gasteiger partial charge in [-0.05, 0) is 37.6 Å². The van der Waals surface area contributed by atoms with Gasteiger partial charge in [0.2, 0.25) is 12.6 Å². The van der Waals surface area contributed by atoms with Crippen LogP contribution in [0.2, 0.25) is 0 Å². The zero-order valence-corrected chi connectivity index (χ0v) is 20.2. The lowest BCUT2D eigenvalue weighted by molar-refractivity contribution is -0.385. The minimum atomic E-state index is -1.02. The average molecular weight is 496 g/mol. The molecule has 0 bridgehead atoms. The Hall–Kier alpha value is -4.54. The average Bonchev–Trinajstić information content (AvgIpc) is 3.45. The topological polar surface area (TPSA) is 128 Å². The van der Waals surface area contributed by atoms with E-state index in [1.165, 1.54) is 14.2 Å². The van der Waals surface area contributed by atoms with Crippen LogP contribution in [0, 0.1) is 24.0 Å². The number of rotatable bonds is 9. The third-order valence-corrected chi connectivity index (χ3v) is 5.90. The summed E-state index contributed by atoms with van der Waals surface area (Å²) in [6.45, 7) is 3.77. The molecule has 0 saturated carbocycles. The van der Waals surface area contributed by atoms with E-state index in [9.17, 15) is 19.7 Å². The van der Waals surface area contributed by atoms with Crippen LogP contribution < -0.4 is 18.9 Å². The molecule has 3 aromatic rings. The predicted molar refractivity (Wildman–Crippen MR) is 126 cm³/mol. The Kier molecular flexibility index (Phi) is 6.82. The van der Waals surface area contributed by atoms with Gasteiger partial charge in [0.25, 0.3) is 5.69 Å². The Morgan fingerprint density at radius 3 is 2.39 bits per heavy atom. The summed E-state index contributed by atoms with van der Waals surface area (Å²) in [6.07, 6.45) is 0. The standard InChI is InChI=1S/C25H24N2O9/c1-14-7-17(15(2)26(14)11-16-5-6-21-24(8-16)36-13-35-21)20(28)12-34-25(29)18-9-22(32-3)23(33-4)10-19(18)27(30)31/h5-10H,11-13H2,1-4H3. The molecule has 0 fully saturated rings. The highest BCUT2D eigenvalue weighted by Gasteiger charge is 2.27. The molecule has 36 heavy (non-hydrogen) atoms. The van der Waals surface area contributed by atoms with Gasteiger partial charge in [-0.15, -0.1) is 0 Å². The molecule has 0 saturated heterocycles. The quantitative estimate of drug-likeness (QED) is 0.188. The third-order valence-electron chi connectivity index (χ3n) is 5.90. The van der Waals surface area contributed by atoms with Crippen LogP contribution in [0.5, 0.6) is 23.0 Å². The molecule has 11 heteroatoms. The number of hydrogen-bond donors (Lipinski definition) is 0. The lowest BCUT2D eigenvalue weighted by Gasteiger charge is -2.11. The van der Waals surface area contributed by atoms with Gasteiger partial charge in [-0.25, -0.2) is 4.79 Å². The molecule has 1 aliphatic rings. The fourth-order valence-electron chi connectivity index (χ4n) is 4.02. The lowest BCUT2D eigenvalue weighted by Crippen LogP contribution is -2.16. The molecular weight excluding hydrogens is 472 g/mol. The number of esters is 1. The number of fused-ring (bicyclic) bond motifs is 1. The zero-order chi connectivity index (χ0) is 26.0. The van der Waals surface area contributed by atoms with Crippen molar-refractivity contribution in [1.29, 1.82) is 0 Å². The Morgan fingerprint density at radius 2 is 1.69 bits per heavy atom. The highest BCUT2D eigenvalue weighted by atomic mass is 16.7. The van der Waals surface area contributed by atoms with E-state index < -0.39 is 29.0 Å². The maximum Gasteiger partial charge on any atom is 0.345 e. The van der Waals surface area contributed by atoms with Crippen molar-refractivity contribution >= 4 is 17.4 Å². The van der Waals surface area contributed by atoms with Crippen molar-refractivity contribution in [2.75, 3.05) is 27.6 Å². The summed E-state index contributed by atoms with van der Waals surface area (Å²) >= 11 is 0. The second kappa shape index (κ2) is 9.98. The van der Waals surface area contributed by atoms with Crippen LogP contribution in [0.1, 0.15) is 37.7 Å². The molecular formula is C25H24N2O9. The van der Waals surface area contributed by atoms with Gasteiger partial charge in [0, 0.05) is 29.6 Å². The fourth-order valence-corrected chi connectivity index (χ4v) is 4.02. The molecule has 0 atom stereocenters. The zero-order valence-electron chi connectivity index (χ0n) is 20.2. The van der Waals surface area contributed by atoms with Crippen molar-refractivity contribution in [1.82, 2.24) is 4.57 Å². The summed E-state index contributed by atoms with van der Waals surface area (Å²) in [7, 11) is 2.66. The second-order valence-electron chi connectivity index (χ2n) is 8.04. The van der Waals surface area contributed by atoms with E-state index in [1.807, 2.05) is 29.7 Å². The molecule has 0 radical (unpaired) electrons. The Labute approximate surface area is 206 Å². The van der Waals surface area contributed by atoms with Crippen LogP contribution in [-0.4, -0.2) is 48.9 Å². The Balaban J connectivity index is 1.50. The van der Waals surface area contributed by atoms with Crippen LogP contribution in [-0.2, 0) is 11.3 Å².